The standard InChI is InChI=1S/C12H14N4/c1-7-3-4-9-11(5-7)16(13)6-10-12(9)15-8(2)14-10/h3-5H,6,13H2,1-2H3,(H,14,15). The molecule has 16 heavy (non-hydrogen) atoms. The molecule has 0 saturated heterocycles. The van der Waals surface area contributed by atoms with Crippen molar-refractivity contribution in [3.8, 4) is 11.3 Å². The van der Waals surface area contributed by atoms with Gasteiger partial charge in [0.1, 0.15) is 5.82 Å². The maximum atomic E-state index is 6.02. The van der Waals surface area contributed by atoms with Crippen LogP contribution in [0.25, 0.3) is 11.3 Å². The van der Waals surface area contributed by atoms with Gasteiger partial charge in [0.15, 0.2) is 0 Å². The number of nitrogens with zero attached hydrogens (tertiary/aromatic N) is 2. The van der Waals surface area contributed by atoms with Crippen LogP contribution < -0.4 is 10.9 Å². The lowest BCUT2D eigenvalue weighted by molar-refractivity contribution is 0.820. The van der Waals surface area contributed by atoms with Gasteiger partial charge in [-0.05, 0) is 25.5 Å². The lowest BCUT2D eigenvalue weighted by atomic mass is 10.0. The number of hydrazine groups is 1. The number of hydrogen-bond acceptors (Lipinski definition) is 3. The summed E-state index contributed by atoms with van der Waals surface area (Å²) in [5.41, 5.74) is 5.51. The molecular formula is C12H14N4. The summed E-state index contributed by atoms with van der Waals surface area (Å²) in [4.78, 5) is 7.77. The Morgan fingerprint density at radius 2 is 2.19 bits per heavy atom. The number of aromatic amines is 1. The van der Waals surface area contributed by atoms with Gasteiger partial charge in [-0.3, -0.25) is 0 Å². The minimum atomic E-state index is 0.687. The van der Waals surface area contributed by atoms with Crippen LogP contribution in [-0.2, 0) is 6.54 Å². The zero-order valence-corrected chi connectivity index (χ0v) is 9.41. The van der Waals surface area contributed by atoms with E-state index in [2.05, 4.69) is 35.1 Å². The Labute approximate surface area is 94.1 Å². The summed E-state index contributed by atoms with van der Waals surface area (Å²) >= 11 is 0. The number of fused-ring (bicyclic) bond motifs is 3. The van der Waals surface area contributed by atoms with Crippen LogP contribution in [0.1, 0.15) is 17.1 Å². The van der Waals surface area contributed by atoms with Crippen molar-refractivity contribution in [2.24, 2.45) is 5.84 Å². The topological polar surface area (TPSA) is 57.9 Å². The maximum Gasteiger partial charge on any atom is 0.103 e. The van der Waals surface area contributed by atoms with E-state index in [1.54, 1.807) is 5.01 Å². The molecule has 0 bridgehead atoms. The fourth-order valence-corrected chi connectivity index (χ4v) is 2.21. The van der Waals surface area contributed by atoms with E-state index in [0.29, 0.717) is 6.54 Å². The minimum Gasteiger partial charge on any atom is -0.344 e. The molecule has 0 fully saturated rings. The summed E-state index contributed by atoms with van der Waals surface area (Å²) in [6, 6.07) is 6.27. The van der Waals surface area contributed by atoms with Gasteiger partial charge in [0, 0.05) is 5.56 Å². The van der Waals surface area contributed by atoms with Crippen LogP contribution >= 0.6 is 0 Å². The smallest absolute Gasteiger partial charge is 0.103 e. The van der Waals surface area contributed by atoms with Crippen molar-refractivity contribution < 1.29 is 0 Å². The number of anilines is 1. The molecule has 82 valence electrons. The van der Waals surface area contributed by atoms with Gasteiger partial charge in [-0.2, -0.15) is 0 Å². The minimum absolute atomic E-state index is 0.687. The Bertz CT molecular complexity index is 556. The number of H-pyrrole nitrogens is 1. The average Bonchev–Trinajstić information content (AvgIpc) is 2.59. The number of benzene rings is 1. The van der Waals surface area contributed by atoms with E-state index in [4.69, 9.17) is 5.84 Å². The van der Waals surface area contributed by atoms with E-state index in [9.17, 15) is 0 Å². The predicted octanol–water partition coefficient (Wildman–Crippen LogP) is 1.89. The second-order valence-electron chi connectivity index (χ2n) is 4.30. The normalized spacial score (nSPS) is 13.6. The first-order valence-corrected chi connectivity index (χ1v) is 5.34. The van der Waals surface area contributed by atoms with Crippen LogP contribution in [0.4, 0.5) is 5.69 Å². The predicted molar refractivity (Wildman–Crippen MR) is 63.9 cm³/mol. The quantitative estimate of drug-likeness (QED) is 0.658. The third kappa shape index (κ3) is 1.23. The van der Waals surface area contributed by atoms with E-state index in [0.717, 1.165) is 28.5 Å². The third-order valence-electron chi connectivity index (χ3n) is 2.94. The van der Waals surface area contributed by atoms with E-state index in [1.165, 1.54) is 5.56 Å². The molecule has 0 aliphatic carbocycles. The molecule has 3 N–H and O–H groups in total. The van der Waals surface area contributed by atoms with Crippen LogP contribution in [0.2, 0.25) is 0 Å². The maximum absolute atomic E-state index is 6.02. The fourth-order valence-electron chi connectivity index (χ4n) is 2.21. The van der Waals surface area contributed by atoms with Crippen molar-refractivity contribution in [2.45, 2.75) is 20.4 Å². The summed E-state index contributed by atoms with van der Waals surface area (Å²) < 4.78 is 0. The molecule has 4 nitrogen and oxygen atoms in total. The van der Waals surface area contributed by atoms with Gasteiger partial charge in [-0.25, -0.2) is 10.8 Å². The first kappa shape index (κ1) is 9.42. The first-order chi connectivity index (χ1) is 7.65. The highest BCUT2D eigenvalue weighted by Gasteiger charge is 2.23. The molecule has 0 radical (unpaired) electrons. The Morgan fingerprint density at radius 1 is 1.38 bits per heavy atom. The summed E-state index contributed by atoms with van der Waals surface area (Å²) in [5.74, 6) is 6.96. The van der Waals surface area contributed by atoms with E-state index in [-0.39, 0.29) is 0 Å². The Hall–Kier alpha value is -1.81. The molecule has 1 aliphatic rings. The molecular weight excluding hydrogens is 200 g/mol. The number of imidazole rings is 1. The highest BCUT2D eigenvalue weighted by Crippen LogP contribution is 2.36. The number of nitrogens with one attached hydrogen (secondary N) is 1. The second-order valence-corrected chi connectivity index (χ2v) is 4.30. The lowest BCUT2D eigenvalue weighted by Crippen LogP contribution is -2.33. The number of aryl methyl sites for hydroxylation is 2. The fraction of sp³-hybridized carbons (Fsp3) is 0.250. The molecule has 4 heteroatoms. The summed E-state index contributed by atoms with van der Waals surface area (Å²) in [6.07, 6.45) is 0. The molecule has 2 heterocycles. The van der Waals surface area contributed by atoms with Crippen LogP contribution in [0.15, 0.2) is 18.2 Å². The Kier molecular flexibility index (Phi) is 1.82. The van der Waals surface area contributed by atoms with Crippen LogP contribution in [0.5, 0.6) is 0 Å². The van der Waals surface area contributed by atoms with Crippen molar-refractivity contribution in [3.05, 3.63) is 35.3 Å². The van der Waals surface area contributed by atoms with Gasteiger partial charge in [-0.15, -0.1) is 0 Å². The highest BCUT2D eigenvalue weighted by atomic mass is 15.4. The van der Waals surface area contributed by atoms with Crippen LogP contribution in [-0.4, -0.2) is 9.97 Å². The SMILES string of the molecule is Cc1ccc2c(c1)N(N)Cc1[nH]c(C)nc1-2. The van der Waals surface area contributed by atoms with Crippen molar-refractivity contribution in [1.82, 2.24) is 9.97 Å². The molecule has 0 saturated carbocycles. The number of hydrogen-bond donors (Lipinski definition) is 2. The Morgan fingerprint density at radius 3 is 3.00 bits per heavy atom. The zero-order chi connectivity index (χ0) is 11.3. The van der Waals surface area contributed by atoms with Gasteiger partial charge in [0.25, 0.3) is 0 Å². The summed E-state index contributed by atoms with van der Waals surface area (Å²) in [7, 11) is 0. The van der Waals surface area contributed by atoms with E-state index < -0.39 is 0 Å². The van der Waals surface area contributed by atoms with E-state index >= 15 is 0 Å². The summed E-state index contributed by atoms with van der Waals surface area (Å²) in [6.45, 7) is 4.72. The number of nitrogens with two attached hydrogens (primary N) is 1. The van der Waals surface area contributed by atoms with Crippen molar-refractivity contribution >= 4 is 5.69 Å². The molecule has 0 amide bonds. The molecule has 2 aromatic rings. The van der Waals surface area contributed by atoms with Crippen molar-refractivity contribution in [1.29, 1.82) is 0 Å². The van der Waals surface area contributed by atoms with E-state index in [1.807, 2.05) is 6.92 Å². The number of rotatable bonds is 0. The molecule has 0 unspecified atom stereocenters. The summed E-state index contributed by atoms with van der Waals surface area (Å²) in [5, 5.41) is 1.77. The van der Waals surface area contributed by atoms with Gasteiger partial charge >= 0.3 is 0 Å². The first-order valence-electron chi connectivity index (χ1n) is 5.34. The number of aromatic nitrogens is 2. The third-order valence-corrected chi connectivity index (χ3v) is 2.94. The Balaban J connectivity index is 2.27. The van der Waals surface area contributed by atoms with Gasteiger partial charge < -0.3 is 9.99 Å². The highest BCUT2D eigenvalue weighted by molar-refractivity contribution is 5.80. The zero-order valence-electron chi connectivity index (χ0n) is 9.41. The molecule has 3 rings (SSSR count). The molecule has 0 spiro atoms. The van der Waals surface area contributed by atoms with Crippen LogP contribution in [0, 0.1) is 13.8 Å². The second kappa shape index (κ2) is 3.09. The van der Waals surface area contributed by atoms with Crippen molar-refractivity contribution in [3.63, 3.8) is 0 Å². The molecule has 1 aliphatic heterocycles. The molecule has 1 aromatic heterocycles. The average molecular weight is 214 g/mol. The van der Waals surface area contributed by atoms with Crippen molar-refractivity contribution in [2.75, 3.05) is 5.01 Å². The van der Waals surface area contributed by atoms with Crippen LogP contribution in [0.3, 0.4) is 0 Å². The van der Waals surface area contributed by atoms with Gasteiger partial charge in [0.05, 0.1) is 23.6 Å². The molecule has 1 aromatic carbocycles. The monoisotopic (exact) mass is 214 g/mol. The van der Waals surface area contributed by atoms with Gasteiger partial charge in [0.2, 0.25) is 0 Å². The molecule has 0 atom stereocenters. The lowest BCUT2D eigenvalue weighted by Gasteiger charge is -2.26. The largest absolute Gasteiger partial charge is 0.344 e. The van der Waals surface area contributed by atoms with Gasteiger partial charge in [-0.1, -0.05) is 12.1 Å².